The van der Waals surface area contributed by atoms with Crippen LogP contribution in [0.15, 0.2) is 29.2 Å². The number of urea groups is 1. The van der Waals surface area contributed by atoms with Crippen LogP contribution in [0.4, 0.5) is 10.5 Å². The summed E-state index contributed by atoms with van der Waals surface area (Å²) in [5, 5.41) is 13.1. The van der Waals surface area contributed by atoms with E-state index in [1.165, 1.54) is 0 Å². The Hall–Kier alpha value is -1.69. The van der Waals surface area contributed by atoms with Gasteiger partial charge in [-0.25, -0.2) is 4.79 Å². The molecule has 0 aliphatic carbocycles. The number of rotatable bonds is 5. The molecule has 5 nitrogen and oxygen atoms in total. The Labute approximate surface area is 104 Å². The first kappa shape index (κ1) is 13.4. The van der Waals surface area contributed by atoms with Crippen molar-refractivity contribution in [2.24, 2.45) is 0 Å². The van der Waals surface area contributed by atoms with E-state index in [1.807, 2.05) is 12.1 Å². The van der Waals surface area contributed by atoms with E-state index in [2.05, 4.69) is 17.6 Å². The Bertz CT molecular complexity index is 392. The van der Waals surface area contributed by atoms with E-state index in [0.717, 1.165) is 10.6 Å². The molecule has 0 aromatic heterocycles. The number of aliphatic carboxylic acids is 1. The maximum absolute atomic E-state index is 11.2. The number of carboxylic acid groups (broad SMARTS) is 1. The zero-order chi connectivity index (χ0) is 12.7. The maximum atomic E-state index is 11.2. The zero-order valence-corrected chi connectivity index (χ0v) is 10.2. The molecular weight excluding hydrogens is 240 g/mol. The molecule has 3 N–H and O–H groups in total. The summed E-state index contributed by atoms with van der Waals surface area (Å²) in [6.45, 7) is 1.67. The van der Waals surface area contributed by atoms with Gasteiger partial charge in [0, 0.05) is 10.6 Å². The fraction of sp³-hybridized carbons (Fsp3) is 0.273. The Balaban J connectivity index is 2.45. The Morgan fingerprint density at radius 3 is 2.47 bits per heavy atom. The Kier molecular flexibility index (Phi) is 5.35. The third kappa shape index (κ3) is 5.26. The number of carbonyl (C=O) groups is 2. The minimum atomic E-state index is -1.07. The van der Waals surface area contributed by atoms with Gasteiger partial charge in [-0.05, 0) is 30.0 Å². The van der Waals surface area contributed by atoms with Crippen LogP contribution in [0.1, 0.15) is 6.92 Å². The number of anilines is 1. The lowest BCUT2D eigenvalue weighted by Crippen LogP contribution is -2.33. The second-order valence-electron chi connectivity index (χ2n) is 3.16. The van der Waals surface area contributed by atoms with Gasteiger partial charge in [0.05, 0.1) is 0 Å². The first-order valence-corrected chi connectivity index (χ1v) is 6.10. The van der Waals surface area contributed by atoms with Crippen LogP contribution in [0.5, 0.6) is 0 Å². The van der Waals surface area contributed by atoms with Gasteiger partial charge in [-0.2, -0.15) is 0 Å². The lowest BCUT2D eigenvalue weighted by atomic mass is 10.3. The highest BCUT2D eigenvalue weighted by Gasteiger charge is 2.03. The summed E-state index contributed by atoms with van der Waals surface area (Å²) >= 11 is 1.71. The summed E-state index contributed by atoms with van der Waals surface area (Å²) in [6, 6.07) is 6.84. The molecule has 1 aromatic rings. The molecule has 0 bridgehead atoms. The lowest BCUT2D eigenvalue weighted by molar-refractivity contribution is -0.135. The average Bonchev–Trinajstić information content (AvgIpc) is 2.29. The van der Waals surface area contributed by atoms with Crippen molar-refractivity contribution in [3.8, 4) is 0 Å². The van der Waals surface area contributed by atoms with E-state index in [4.69, 9.17) is 5.11 Å². The highest BCUT2D eigenvalue weighted by molar-refractivity contribution is 7.99. The Morgan fingerprint density at radius 1 is 1.29 bits per heavy atom. The SMILES string of the molecule is CCSc1ccc(NC(=O)NCC(=O)O)cc1. The van der Waals surface area contributed by atoms with Crippen molar-refractivity contribution in [1.29, 1.82) is 0 Å². The van der Waals surface area contributed by atoms with Crippen molar-refractivity contribution < 1.29 is 14.7 Å². The van der Waals surface area contributed by atoms with Gasteiger partial charge >= 0.3 is 12.0 Å². The number of amides is 2. The van der Waals surface area contributed by atoms with Gasteiger partial charge in [0.2, 0.25) is 0 Å². The molecule has 0 atom stereocenters. The van der Waals surface area contributed by atoms with Crippen LogP contribution in [0.3, 0.4) is 0 Å². The van der Waals surface area contributed by atoms with Crippen molar-refractivity contribution in [2.45, 2.75) is 11.8 Å². The summed E-state index contributed by atoms with van der Waals surface area (Å²) in [5.41, 5.74) is 0.633. The molecule has 0 fully saturated rings. The van der Waals surface area contributed by atoms with Crippen LogP contribution >= 0.6 is 11.8 Å². The minimum absolute atomic E-state index is 0.393. The molecule has 92 valence electrons. The third-order valence-corrected chi connectivity index (χ3v) is 2.72. The normalized spacial score (nSPS) is 9.71. The molecule has 0 aliphatic heterocycles. The van der Waals surface area contributed by atoms with Gasteiger partial charge in [-0.15, -0.1) is 11.8 Å². The Morgan fingerprint density at radius 2 is 1.94 bits per heavy atom. The summed E-state index contributed by atoms with van der Waals surface area (Å²) in [4.78, 5) is 22.6. The molecule has 1 rings (SSSR count). The molecule has 2 amide bonds. The van der Waals surface area contributed by atoms with Crippen molar-refractivity contribution >= 4 is 29.4 Å². The van der Waals surface area contributed by atoms with Crippen LogP contribution in [0.2, 0.25) is 0 Å². The fourth-order valence-electron chi connectivity index (χ4n) is 1.13. The van der Waals surface area contributed by atoms with E-state index >= 15 is 0 Å². The van der Waals surface area contributed by atoms with Gasteiger partial charge in [-0.1, -0.05) is 6.92 Å². The van der Waals surface area contributed by atoms with Crippen LogP contribution in [-0.2, 0) is 4.79 Å². The summed E-state index contributed by atoms with van der Waals surface area (Å²) in [5.74, 6) is -0.0823. The number of hydrogen-bond acceptors (Lipinski definition) is 3. The number of nitrogens with one attached hydrogen (secondary N) is 2. The van der Waals surface area contributed by atoms with E-state index in [1.54, 1.807) is 23.9 Å². The predicted molar refractivity (Wildman–Crippen MR) is 67.5 cm³/mol. The van der Waals surface area contributed by atoms with Gasteiger partial charge in [0.15, 0.2) is 0 Å². The highest BCUT2D eigenvalue weighted by Crippen LogP contribution is 2.19. The second-order valence-corrected chi connectivity index (χ2v) is 4.50. The second kappa shape index (κ2) is 6.80. The molecular formula is C11H14N2O3S. The fourth-order valence-corrected chi connectivity index (χ4v) is 1.79. The van der Waals surface area contributed by atoms with Crippen LogP contribution in [0, 0.1) is 0 Å². The number of carboxylic acids is 1. The summed E-state index contributed by atoms with van der Waals surface area (Å²) in [7, 11) is 0. The monoisotopic (exact) mass is 254 g/mol. The first-order chi connectivity index (χ1) is 8.11. The molecule has 0 spiro atoms. The zero-order valence-electron chi connectivity index (χ0n) is 9.40. The quantitative estimate of drug-likeness (QED) is 0.702. The molecule has 0 radical (unpaired) electrons. The van der Waals surface area contributed by atoms with Crippen molar-refractivity contribution in [2.75, 3.05) is 17.6 Å². The first-order valence-electron chi connectivity index (χ1n) is 5.11. The standard InChI is InChI=1S/C11H14N2O3S/c1-2-17-9-5-3-8(4-6-9)13-11(16)12-7-10(14)15/h3-6H,2,7H2,1H3,(H,14,15)(H2,12,13,16). The van der Waals surface area contributed by atoms with Crippen molar-refractivity contribution in [1.82, 2.24) is 5.32 Å². The topological polar surface area (TPSA) is 78.4 Å². The number of thioether (sulfide) groups is 1. The molecule has 0 aliphatic rings. The van der Waals surface area contributed by atoms with E-state index < -0.39 is 18.5 Å². The van der Waals surface area contributed by atoms with E-state index in [-0.39, 0.29) is 0 Å². The highest BCUT2D eigenvalue weighted by atomic mass is 32.2. The van der Waals surface area contributed by atoms with Crippen LogP contribution < -0.4 is 10.6 Å². The molecule has 0 saturated carbocycles. The predicted octanol–water partition coefficient (Wildman–Crippen LogP) is 2.00. The summed E-state index contributed by atoms with van der Waals surface area (Å²) in [6.07, 6.45) is 0. The van der Waals surface area contributed by atoms with E-state index in [0.29, 0.717) is 5.69 Å². The van der Waals surface area contributed by atoms with Gasteiger partial charge in [0.25, 0.3) is 0 Å². The van der Waals surface area contributed by atoms with E-state index in [9.17, 15) is 9.59 Å². The van der Waals surface area contributed by atoms with Crippen molar-refractivity contribution in [3.63, 3.8) is 0 Å². The molecule has 0 unspecified atom stereocenters. The van der Waals surface area contributed by atoms with Crippen molar-refractivity contribution in [3.05, 3.63) is 24.3 Å². The molecule has 0 heterocycles. The lowest BCUT2D eigenvalue weighted by Gasteiger charge is -2.06. The van der Waals surface area contributed by atoms with Gasteiger partial charge in [-0.3, -0.25) is 4.79 Å². The number of benzene rings is 1. The van der Waals surface area contributed by atoms with Crippen LogP contribution in [-0.4, -0.2) is 29.4 Å². The smallest absolute Gasteiger partial charge is 0.323 e. The summed E-state index contributed by atoms with van der Waals surface area (Å²) < 4.78 is 0. The molecule has 0 saturated heterocycles. The molecule has 17 heavy (non-hydrogen) atoms. The maximum Gasteiger partial charge on any atom is 0.323 e. The number of carbonyl (C=O) groups excluding carboxylic acids is 1. The van der Waals surface area contributed by atoms with Gasteiger partial charge < -0.3 is 15.7 Å². The minimum Gasteiger partial charge on any atom is -0.480 e. The van der Waals surface area contributed by atoms with Gasteiger partial charge in [0.1, 0.15) is 6.54 Å². The van der Waals surface area contributed by atoms with Crippen LogP contribution in [0.25, 0.3) is 0 Å². The third-order valence-electron chi connectivity index (χ3n) is 1.82. The number of hydrogen-bond donors (Lipinski definition) is 3. The molecule has 6 heteroatoms. The molecule has 1 aromatic carbocycles. The largest absolute Gasteiger partial charge is 0.480 e. The average molecular weight is 254 g/mol.